The van der Waals surface area contributed by atoms with Crippen LogP contribution in [0.1, 0.15) is 17.9 Å². The van der Waals surface area contributed by atoms with Crippen LogP contribution in [0.25, 0.3) is 44.1 Å². The minimum Gasteiger partial charge on any atom is -0.455 e. The van der Waals surface area contributed by atoms with Gasteiger partial charge in [0, 0.05) is 38.2 Å². The molecule has 5 aromatic carbocycles. The monoisotopic (exact) mass is 573 g/mol. The van der Waals surface area contributed by atoms with Gasteiger partial charge in [0.15, 0.2) is 7.14 Å². The molecule has 0 spiro atoms. The second-order valence-corrected chi connectivity index (χ2v) is 13.8. The Morgan fingerprint density at radius 1 is 0.698 bits per heavy atom. The highest BCUT2D eigenvalue weighted by Crippen LogP contribution is 2.54. The molecule has 1 atom stereocenters. The lowest BCUT2D eigenvalue weighted by atomic mass is 9.90. The maximum atomic E-state index is 14.8. The van der Waals surface area contributed by atoms with Gasteiger partial charge in [-0.05, 0) is 36.2 Å². The van der Waals surface area contributed by atoms with Crippen molar-refractivity contribution in [1.82, 2.24) is 4.98 Å². The summed E-state index contributed by atoms with van der Waals surface area (Å²) in [7, 11) is -2.99. The maximum absolute atomic E-state index is 14.8. The molecular weight excluding hydrogens is 545 g/mol. The largest absolute Gasteiger partial charge is 0.455 e. The van der Waals surface area contributed by atoms with Crippen molar-refractivity contribution in [2.75, 3.05) is 0 Å². The van der Waals surface area contributed by atoms with E-state index < -0.39 is 7.14 Å². The summed E-state index contributed by atoms with van der Waals surface area (Å²) in [6, 6.07) is 44.8. The molecule has 1 aliphatic rings. The van der Waals surface area contributed by atoms with E-state index in [0.29, 0.717) is 0 Å². The third kappa shape index (κ3) is 4.28. The van der Waals surface area contributed by atoms with Crippen molar-refractivity contribution in [3.63, 3.8) is 0 Å². The van der Waals surface area contributed by atoms with Crippen LogP contribution in [0.3, 0.4) is 0 Å². The predicted octanol–water partition coefficient (Wildman–Crippen LogP) is 9.74. The zero-order chi connectivity index (χ0) is 28.8. The Morgan fingerprint density at radius 3 is 2.09 bits per heavy atom. The number of allylic oxidation sites excluding steroid dienone is 4. The first-order valence-electron chi connectivity index (χ1n) is 14.6. The number of nitrogens with zero attached hydrogens (tertiary/aromatic N) is 1. The molecule has 1 unspecified atom stereocenters. The smallest absolute Gasteiger partial charge is 0.170 e. The van der Waals surface area contributed by atoms with Crippen LogP contribution >= 0.6 is 7.14 Å². The van der Waals surface area contributed by atoms with E-state index in [4.69, 9.17) is 9.40 Å². The number of furan rings is 1. The van der Waals surface area contributed by atoms with Crippen molar-refractivity contribution >= 4 is 50.6 Å². The minimum absolute atomic E-state index is 0.167. The van der Waals surface area contributed by atoms with Crippen LogP contribution in [0.4, 0.5) is 0 Å². The molecular formula is C39H28NO2P. The van der Waals surface area contributed by atoms with E-state index in [1.54, 1.807) is 0 Å². The summed E-state index contributed by atoms with van der Waals surface area (Å²) >= 11 is 0. The molecule has 0 aliphatic heterocycles. The second kappa shape index (κ2) is 10.4. The first-order valence-corrected chi connectivity index (χ1v) is 16.3. The lowest BCUT2D eigenvalue weighted by Gasteiger charge is -2.25. The number of benzene rings is 5. The zero-order valence-electron chi connectivity index (χ0n) is 23.4. The van der Waals surface area contributed by atoms with Gasteiger partial charge < -0.3 is 8.98 Å². The van der Waals surface area contributed by atoms with Crippen LogP contribution in [0.15, 0.2) is 161 Å². The Kier molecular flexibility index (Phi) is 6.21. The second-order valence-electron chi connectivity index (χ2n) is 11.0. The Morgan fingerprint density at radius 2 is 1.37 bits per heavy atom. The highest BCUT2D eigenvalue weighted by Gasteiger charge is 2.32. The first kappa shape index (κ1) is 25.7. The Hall–Kier alpha value is -4.98. The van der Waals surface area contributed by atoms with Crippen LogP contribution in [0.2, 0.25) is 0 Å². The molecule has 0 fully saturated rings. The van der Waals surface area contributed by atoms with E-state index in [1.807, 2.05) is 97.1 Å². The van der Waals surface area contributed by atoms with Crippen molar-refractivity contribution in [2.45, 2.75) is 12.3 Å². The molecule has 0 bridgehead atoms. The fourth-order valence-electron chi connectivity index (χ4n) is 6.35. The highest BCUT2D eigenvalue weighted by atomic mass is 31.2. The molecule has 2 aromatic heterocycles. The van der Waals surface area contributed by atoms with Gasteiger partial charge in [0.2, 0.25) is 0 Å². The number of para-hydroxylation sites is 2. The third-order valence-electron chi connectivity index (χ3n) is 8.48. The molecule has 43 heavy (non-hydrogen) atoms. The van der Waals surface area contributed by atoms with E-state index >= 15 is 0 Å². The van der Waals surface area contributed by atoms with Crippen LogP contribution in [-0.2, 0) is 4.57 Å². The SMILES string of the molecule is O=P(C1=CCC(c2cccc(-c3nc4ccccc4c4oc5ccccc5c34)c2)C=C1)(c1ccccc1)c1ccccc1. The molecule has 0 saturated heterocycles. The molecule has 3 nitrogen and oxygen atoms in total. The molecule has 7 aromatic rings. The molecule has 0 radical (unpaired) electrons. The predicted molar refractivity (Wildman–Crippen MR) is 179 cm³/mol. The number of rotatable bonds is 5. The number of hydrogen-bond acceptors (Lipinski definition) is 3. The first-order chi connectivity index (χ1) is 21.2. The fraction of sp³-hybridized carbons (Fsp3) is 0.0513. The quantitative estimate of drug-likeness (QED) is 0.193. The van der Waals surface area contributed by atoms with Gasteiger partial charge in [-0.3, -0.25) is 0 Å². The average molecular weight is 574 g/mol. The molecule has 0 amide bonds. The Labute approximate surface area is 250 Å². The Balaban J connectivity index is 1.20. The minimum atomic E-state index is -2.99. The van der Waals surface area contributed by atoms with Gasteiger partial charge in [-0.1, -0.05) is 127 Å². The van der Waals surface area contributed by atoms with Crippen LogP contribution in [-0.4, -0.2) is 4.98 Å². The lowest BCUT2D eigenvalue weighted by molar-refractivity contribution is 0.590. The van der Waals surface area contributed by atoms with Gasteiger partial charge in [0.1, 0.15) is 11.2 Å². The molecule has 8 rings (SSSR count). The molecule has 1 aliphatic carbocycles. The summed E-state index contributed by atoms with van der Waals surface area (Å²) in [5.41, 5.74) is 5.83. The van der Waals surface area contributed by atoms with E-state index in [1.165, 1.54) is 5.56 Å². The van der Waals surface area contributed by atoms with Gasteiger partial charge in [0.05, 0.1) is 16.6 Å². The fourth-order valence-corrected chi connectivity index (χ4v) is 9.08. The maximum Gasteiger partial charge on any atom is 0.170 e. The third-order valence-corrected chi connectivity index (χ3v) is 11.6. The highest BCUT2D eigenvalue weighted by molar-refractivity contribution is 7.82. The molecule has 206 valence electrons. The van der Waals surface area contributed by atoms with Gasteiger partial charge in [-0.25, -0.2) is 4.98 Å². The van der Waals surface area contributed by atoms with Crippen molar-refractivity contribution < 1.29 is 8.98 Å². The summed E-state index contributed by atoms with van der Waals surface area (Å²) < 4.78 is 21.2. The van der Waals surface area contributed by atoms with E-state index in [2.05, 4.69) is 54.6 Å². The summed E-state index contributed by atoms with van der Waals surface area (Å²) in [6.45, 7) is 0. The average Bonchev–Trinajstić information content (AvgIpc) is 3.49. The summed E-state index contributed by atoms with van der Waals surface area (Å²) in [6.07, 6.45) is 7.24. The normalized spacial score (nSPS) is 15.3. The number of hydrogen-bond donors (Lipinski definition) is 0. The summed E-state index contributed by atoms with van der Waals surface area (Å²) in [5.74, 6) is 0.167. The lowest BCUT2D eigenvalue weighted by Crippen LogP contribution is -2.17. The summed E-state index contributed by atoms with van der Waals surface area (Å²) in [5, 5.41) is 5.73. The van der Waals surface area contributed by atoms with Crippen LogP contribution < -0.4 is 10.6 Å². The zero-order valence-corrected chi connectivity index (χ0v) is 24.3. The van der Waals surface area contributed by atoms with E-state index in [0.717, 1.165) is 66.4 Å². The van der Waals surface area contributed by atoms with E-state index in [9.17, 15) is 4.57 Å². The van der Waals surface area contributed by atoms with Gasteiger partial charge >= 0.3 is 0 Å². The van der Waals surface area contributed by atoms with E-state index in [-0.39, 0.29) is 5.92 Å². The van der Waals surface area contributed by atoms with Crippen LogP contribution in [0, 0.1) is 0 Å². The van der Waals surface area contributed by atoms with Gasteiger partial charge in [0.25, 0.3) is 0 Å². The van der Waals surface area contributed by atoms with Gasteiger partial charge in [-0.2, -0.15) is 0 Å². The van der Waals surface area contributed by atoms with Crippen molar-refractivity contribution in [3.05, 3.63) is 163 Å². The Bertz CT molecular complexity index is 2200. The van der Waals surface area contributed by atoms with Crippen molar-refractivity contribution in [2.24, 2.45) is 0 Å². The van der Waals surface area contributed by atoms with Gasteiger partial charge in [-0.15, -0.1) is 0 Å². The van der Waals surface area contributed by atoms with Crippen molar-refractivity contribution in [3.8, 4) is 11.3 Å². The number of aromatic nitrogens is 1. The molecule has 0 N–H and O–H groups in total. The van der Waals surface area contributed by atoms with Crippen molar-refractivity contribution in [1.29, 1.82) is 0 Å². The molecule has 2 heterocycles. The van der Waals surface area contributed by atoms with Crippen LogP contribution in [0.5, 0.6) is 0 Å². The number of fused-ring (bicyclic) bond motifs is 5. The molecule has 4 heteroatoms. The standard InChI is InChI=1S/C39H28NO2P/c41-43(30-14-3-1-4-15-30,31-16-5-2-6-17-31)32-24-22-27(23-25-32)28-12-11-13-29(26-28)38-37-34-19-8-10-21-36(34)42-39(37)33-18-7-9-20-35(33)40-38/h1-22,24-27H,23H2. The summed E-state index contributed by atoms with van der Waals surface area (Å²) in [4.78, 5) is 5.17. The topological polar surface area (TPSA) is 43.1 Å². The number of pyridine rings is 1. The molecule has 0 saturated carbocycles.